The van der Waals surface area contributed by atoms with Gasteiger partial charge in [0.25, 0.3) is 0 Å². The van der Waals surface area contributed by atoms with Crippen molar-refractivity contribution in [2.24, 2.45) is 0 Å². The van der Waals surface area contributed by atoms with Gasteiger partial charge in [0.05, 0.1) is 17.7 Å². The molecule has 0 heterocycles. The Bertz CT molecular complexity index is 952. The number of benzene rings is 2. The van der Waals surface area contributed by atoms with E-state index < -0.39 is 20.0 Å². The minimum atomic E-state index is -3.46. The molecule has 0 aliphatic heterocycles. The van der Waals surface area contributed by atoms with Crippen molar-refractivity contribution in [3.8, 4) is 0 Å². The summed E-state index contributed by atoms with van der Waals surface area (Å²) in [5.41, 5.74) is 1.97. The zero-order valence-electron chi connectivity index (χ0n) is 14.5. The molecule has 0 aromatic heterocycles. The van der Waals surface area contributed by atoms with Crippen molar-refractivity contribution in [3.05, 3.63) is 60.2 Å². The predicted molar refractivity (Wildman–Crippen MR) is 104 cm³/mol. The summed E-state index contributed by atoms with van der Waals surface area (Å²) in [5.74, 6) is 0.0385. The minimum absolute atomic E-state index is 0.00973. The predicted octanol–water partition coefficient (Wildman–Crippen LogP) is 2.60. The van der Waals surface area contributed by atoms with E-state index in [1.807, 2.05) is 30.3 Å². The molecular weight excluding hydrogens is 372 g/mol. The van der Waals surface area contributed by atoms with Gasteiger partial charge in [0.2, 0.25) is 20.0 Å². The van der Waals surface area contributed by atoms with Crippen LogP contribution in [0.4, 0.5) is 11.4 Å². The van der Waals surface area contributed by atoms with Crippen LogP contribution in [-0.4, -0.2) is 34.9 Å². The van der Waals surface area contributed by atoms with Crippen molar-refractivity contribution in [2.45, 2.75) is 25.3 Å². The molecule has 0 saturated heterocycles. The SMILES string of the molecule is CS(=O)(=O)Nc1ccc(N(C2CC2)S(=O)(=O)CCc2ccccc2)cc1. The molecule has 1 fully saturated rings. The van der Waals surface area contributed by atoms with Crippen LogP contribution in [-0.2, 0) is 26.5 Å². The second-order valence-electron chi connectivity index (χ2n) is 6.50. The highest BCUT2D eigenvalue weighted by Gasteiger charge is 2.37. The maximum absolute atomic E-state index is 12.9. The first-order chi connectivity index (χ1) is 12.2. The van der Waals surface area contributed by atoms with Crippen molar-refractivity contribution >= 4 is 31.4 Å². The van der Waals surface area contributed by atoms with Gasteiger partial charge in [-0.3, -0.25) is 9.03 Å². The maximum atomic E-state index is 12.9. The lowest BCUT2D eigenvalue weighted by molar-refractivity contribution is 0.589. The Morgan fingerprint density at radius 1 is 0.962 bits per heavy atom. The lowest BCUT2D eigenvalue weighted by Crippen LogP contribution is -2.35. The van der Waals surface area contributed by atoms with Crippen molar-refractivity contribution in [3.63, 3.8) is 0 Å². The standard InChI is InChI=1S/C18H22N2O4S2/c1-25(21,22)19-16-7-9-17(10-8-16)20(18-11-12-18)26(23,24)14-13-15-5-3-2-4-6-15/h2-10,18-19H,11-14H2,1H3. The van der Waals surface area contributed by atoms with Gasteiger partial charge in [0, 0.05) is 11.7 Å². The van der Waals surface area contributed by atoms with Crippen molar-refractivity contribution in [2.75, 3.05) is 21.0 Å². The summed E-state index contributed by atoms with van der Waals surface area (Å²) < 4.78 is 52.3. The van der Waals surface area contributed by atoms with Crippen LogP contribution < -0.4 is 9.03 Å². The molecule has 1 aliphatic carbocycles. The highest BCUT2D eigenvalue weighted by atomic mass is 32.2. The Morgan fingerprint density at radius 2 is 1.58 bits per heavy atom. The third kappa shape index (κ3) is 4.98. The highest BCUT2D eigenvalue weighted by Crippen LogP contribution is 2.35. The van der Waals surface area contributed by atoms with Crippen LogP contribution in [0.2, 0.25) is 0 Å². The molecule has 2 aromatic rings. The summed E-state index contributed by atoms with van der Waals surface area (Å²) in [4.78, 5) is 0. The Hall–Kier alpha value is -2.06. The lowest BCUT2D eigenvalue weighted by atomic mass is 10.2. The van der Waals surface area contributed by atoms with E-state index >= 15 is 0 Å². The normalized spacial score (nSPS) is 14.8. The number of aryl methyl sites for hydroxylation is 1. The molecule has 3 rings (SSSR count). The second-order valence-corrected chi connectivity index (χ2v) is 10.2. The maximum Gasteiger partial charge on any atom is 0.235 e. The molecule has 0 atom stereocenters. The van der Waals surface area contributed by atoms with Gasteiger partial charge >= 0.3 is 0 Å². The number of sulfonamides is 2. The summed E-state index contributed by atoms with van der Waals surface area (Å²) in [5, 5.41) is 0. The Balaban J connectivity index is 1.78. The molecule has 0 bridgehead atoms. The third-order valence-electron chi connectivity index (χ3n) is 4.09. The lowest BCUT2D eigenvalue weighted by Gasteiger charge is -2.24. The fraction of sp³-hybridized carbons (Fsp3) is 0.333. The minimum Gasteiger partial charge on any atom is -0.284 e. The molecule has 0 unspecified atom stereocenters. The first kappa shape index (κ1) is 18.7. The van der Waals surface area contributed by atoms with Crippen LogP contribution in [0.15, 0.2) is 54.6 Å². The number of hydrogen-bond donors (Lipinski definition) is 1. The fourth-order valence-corrected chi connectivity index (χ4v) is 5.15. The summed E-state index contributed by atoms with van der Waals surface area (Å²) in [6, 6.07) is 16.0. The molecule has 1 saturated carbocycles. The smallest absolute Gasteiger partial charge is 0.235 e. The van der Waals surface area contributed by atoms with Crippen molar-refractivity contribution in [1.29, 1.82) is 0 Å². The first-order valence-electron chi connectivity index (χ1n) is 8.38. The number of nitrogens with one attached hydrogen (secondary N) is 1. The second kappa shape index (κ2) is 7.28. The van der Waals surface area contributed by atoms with Gasteiger partial charge in [-0.2, -0.15) is 0 Å². The molecule has 8 heteroatoms. The summed E-state index contributed by atoms with van der Waals surface area (Å²) in [6.07, 6.45) is 3.22. The van der Waals surface area contributed by atoms with Crippen molar-refractivity contribution < 1.29 is 16.8 Å². The van der Waals surface area contributed by atoms with Gasteiger partial charge in [-0.25, -0.2) is 16.8 Å². The Morgan fingerprint density at radius 3 is 2.12 bits per heavy atom. The van der Waals surface area contributed by atoms with Crippen LogP contribution in [0, 0.1) is 0 Å². The topological polar surface area (TPSA) is 83.6 Å². The molecule has 26 heavy (non-hydrogen) atoms. The quantitative estimate of drug-likeness (QED) is 0.746. The summed E-state index contributed by atoms with van der Waals surface area (Å²) in [7, 11) is -6.83. The number of anilines is 2. The van der Waals surface area contributed by atoms with Crippen molar-refractivity contribution in [1.82, 2.24) is 0 Å². The monoisotopic (exact) mass is 394 g/mol. The molecular formula is C18H22N2O4S2. The molecule has 1 aliphatic rings. The first-order valence-corrected chi connectivity index (χ1v) is 11.9. The molecule has 6 nitrogen and oxygen atoms in total. The highest BCUT2D eigenvalue weighted by molar-refractivity contribution is 7.92. The zero-order valence-corrected chi connectivity index (χ0v) is 16.1. The molecule has 1 N–H and O–H groups in total. The molecule has 0 spiro atoms. The van der Waals surface area contributed by atoms with E-state index in [1.54, 1.807) is 24.3 Å². The van der Waals surface area contributed by atoms with E-state index in [1.165, 1.54) is 4.31 Å². The third-order valence-corrected chi connectivity index (χ3v) is 6.53. The van der Waals surface area contributed by atoms with Gasteiger partial charge in [0.1, 0.15) is 0 Å². The largest absolute Gasteiger partial charge is 0.284 e. The van der Waals surface area contributed by atoms with Crippen LogP contribution in [0.1, 0.15) is 18.4 Å². The van der Waals surface area contributed by atoms with E-state index in [-0.39, 0.29) is 11.8 Å². The number of nitrogens with zero attached hydrogens (tertiary/aromatic N) is 1. The zero-order chi connectivity index (χ0) is 18.8. The molecule has 0 amide bonds. The average molecular weight is 395 g/mol. The molecule has 2 aromatic carbocycles. The molecule has 140 valence electrons. The van der Waals surface area contributed by atoms with E-state index in [2.05, 4.69) is 4.72 Å². The van der Waals surface area contributed by atoms with Gasteiger partial charge < -0.3 is 0 Å². The summed E-state index contributed by atoms with van der Waals surface area (Å²) in [6.45, 7) is 0. The molecule has 0 radical (unpaired) electrons. The van der Waals surface area contributed by atoms with E-state index in [0.29, 0.717) is 17.8 Å². The van der Waals surface area contributed by atoms with Gasteiger partial charge in [-0.05, 0) is 49.1 Å². The van der Waals surface area contributed by atoms with Crippen LogP contribution in [0.5, 0.6) is 0 Å². The summed E-state index contributed by atoms with van der Waals surface area (Å²) >= 11 is 0. The Labute approximate surface area is 155 Å². The van der Waals surface area contributed by atoms with E-state index in [9.17, 15) is 16.8 Å². The van der Waals surface area contributed by atoms with Crippen LogP contribution in [0.25, 0.3) is 0 Å². The van der Waals surface area contributed by atoms with E-state index in [0.717, 1.165) is 24.7 Å². The van der Waals surface area contributed by atoms with Gasteiger partial charge in [-0.1, -0.05) is 30.3 Å². The fourth-order valence-electron chi connectivity index (χ4n) is 2.79. The average Bonchev–Trinajstić information content (AvgIpc) is 3.39. The van der Waals surface area contributed by atoms with Gasteiger partial charge in [-0.15, -0.1) is 0 Å². The van der Waals surface area contributed by atoms with Crippen LogP contribution >= 0.6 is 0 Å². The Kier molecular flexibility index (Phi) is 5.24. The number of hydrogen-bond acceptors (Lipinski definition) is 4. The number of rotatable bonds is 8. The van der Waals surface area contributed by atoms with Crippen LogP contribution in [0.3, 0.4) is 0 Å². The van der Waals surface area contributed by atoms with E-state index in [4.69, 9.17) is 0 Å². The van der Waals surface area contributed by atoms with Gasteiger partial charge in [0.15, 0.2) is 0 Å².